The first-order chi connectivity index (χ1) is 26.9. The van der Waals surface area contributed by atoms with Gasteiger partial charge in [-0.3, -0.25) is 14.5 Å². The van der Waals surface area contributed by atoms with Gasteiger partial charge < -0.3 is 0 Å². The molecule has 0 saturated carbocycles. The SMILES string of the molecule is Cc1cc(C)c(C(=O)P(c2ccccc2)c2ccccc2)c(C)c1CN(Cc1c(C)cc(C)c(C(=O)P(c2ccccc2)c2ccccc2)c1C)C(C)C(C)C. The number of benzene rings is 6. The smallest absolute Gasteiger partial charge is 0.193 e. The average molecular weight is 776 g/mol. The molecule has 0 aromatic heterocycles. The molecule has 0 amide bonds. The van der Waals surface area contributed by atoms with Gasteiger partial charge in [0.1, 0.15) is 0 Å². The zero-order chi connectivity index (χ0) is 40.1. The van der Waals surface area contributed by atoms with E-state index in [0.717, 1.165) is 54.6 Å². The highest BCUT2D eigenvalue weighted by Gasteiger charge is 2.31. The highest BCUT2D eigenvalue weighted by atomic mass is 31.1. The predicted molar refractivity (Wildman–Crippen MR) is 242 cm³/mol. The lowest BCUT2D eigenvalue weighted by Gasteiger charge is -2.35. The van der Waals surface area contributed by atoms with Crippen molar-refractivity contribution in [2.45, 2.75) is 81.4 Å². The lowest BCUT2D eigenvalue weighted by molar-refractivity contribution is 0.107. The topological polar surface area (TPSA) is 37.4 Å². The lowest BCUT2D eigenvalue weighted by Crippen LogP contribution is -2.37. The second kappa shape index (κ2) is 18.2. The van der Waals surface area contributed by atoms with Crippen LogP contribution in [0.3, 0.4) is 0 Å². The molecule has 0 aliphatic rings. The predicted octanol–water partition coefficient (Wildman–Crippen LogP) is 11.1. The van der Waals surface area contributed by atoms with E-state index in [9.17, 15) is 9.59 Å². The highest BCUT2D eigenvalue weighted by Crippen LogP contribution is 2.43. The second-order valence-electron chi connectivity index (χ2n) is 15.5. The van der Waals surface area contributed by atoms with Gasteiger partial charge in [0.2, 0.25) is 0 Å². The average Bonchev–Trinajstić information content (AvgIpc) is 3.18. The summed E-state index contributed by atoms with van der Waals surface area (Å²) in [5.74, 6) is 0.391. The van der Waals surface area contributed by atoms with Crippen molar-refractivity contribution < 1.29 is 9.59 Å². The van der Waals surface area contributed by atoms with Crippen LogP contribution < -0.4 is 21.2 Å². The van der Waals surface area contributed by atoms with Crippen LogP contribution in [0.5, 0.6) is 0 Å². The summed E-state index contributed by atoms with van der Waals surface area (Å²) in [4.78, 5) is 32.4. The first-order valence-corrected chi connectivity index (χ1v) is 22.4. The Morgan fingerprint density at radius 1 is 0.464 bits per heavy atom. The molecule has 6 rings (SSSR count). The van der Waals surface area contributed by atoms with E-state index in [2.05, 4.69) is 128 Å². The van der Waals surface area contributed by atoms with E-state index in [4.69, 9.17) is 0 Å². The second-order valence-corrected chi connectivity index (χ2v) is 19.7. The minimum absolute atomic E-state index is 0.193. The van der Waals surface area contributed by atoms with Crippen molar-refractivity contribution in [2.24, 2.45) is 5.92 Å². The Morgan fingerprint density at radius 3 is 1.02 bits per heavy atom. The van der Waals surface area contributed by atoms with Crippen molar-refractivity contribution in [1.82, 2.24) is 4.90 Å². The number of carbonyl (C=O) groups excluding carboxylic acids is 2. The molecule has 0 bridgehead atoms. The third kappa shape index (κ3) is 8.72. The minimum Gasteiger partial charge on any atom is -0.292 e. The summed E-state index contributed by atoms with van der Waals surface area (Å²) in [5, 5.41) is 4.25. The molecule has 0 N–H and O–H groups in total. The summed E-state index contributed by atoms with van der Waals surface area (Å²) < 4.78 is 0. The van der Waals surface area contributed by atoms with Crippen LogP contribution in [-0.4, -0.2) is 22.0 Å². The zero-order valence-electron chi connectivity index (χ0n) is 34.4. The van der Waals surface area contributed by atoms with Crippen LogP contribution in [0.4, 0.5) is 0 Å². The monoisotopic (exact) mass is 775 g/mol. The first kappa shape index (κ1) is 41.1. The molecule has 0 fully saturated rings. The van der Waals surface area contributed by atoms with E-state index in [0.29, 0.717) is 19.0 Å². The fourth-order valence-corrected chi connectivity index (χ4v) is 12.6. The minimum atomic E-state index is -1.27. The summed E-state index contributed by atoms with van der Waals surface area (Å²) >= 11 is 0. The molecule has 0 spiro atoms. The molecule has 286 valence electrons. The molecule has 6 aromatic carbocycles. The standard InChI is InChI=1S/C51H55NO2P2/c1-34(2)41(9)52(32-46-35(3)30-37(5)48(39(46)7)50(53)55(42-22-14-10-15-23-42)43-24-16-11-17-25-43)33-47-36(4)31-38(6)49(40(47)8)51(54)56(44-26-18-12-19-27-44)45-28-20-13-21-29-45/h10-31,34,41H,32-33H2,1-9H3. The largest absolute Gasteiger partial charge is 0.292 e. The number of aryl methyl sites for hydroxylation is 4. The molecule has 1 atom stereocenters. The van der Waals surface area contributed by atoms with E-state index >= 15 is 0 Å². The number of hydrogen-bond donors (Lipinski definition) is 0. The molecule has 0 radical (unpaired) electrons. The third-order valence-corrected chi connectivity index (χ3v) is 15.9. The molecule has 0 aliphatic carbocycles. The van der Waals surface area contributed by atoms with Crippen LogP contribution in [0.15, 0.2) is 133 Å². The van der Waals surface area contributed by atoms with E-state index in [-0.39, 0.29) is 17.1 Å². The normalized spacial score (nSPS) is 12.2. The molecule has 0 aliphatic heterocycles. The fraction of sp³-hybridized carbons (Fsp3) is 0.255. The molecule has 5 heteroatoms. The Hall–Kier alpha value is -4.52. The lowest BCUT2D eigenvalue weighted by atomic mass is 9.91. The molecular formula is C51H55NO2P2. The Balaban J connectivity index is 1.41. The van der Waals surface area contributed by atoms with Gasteiger partial charge >= 0.3 is 0 Å². The van der Waals surface area contributed by atoms with Crippen LogP contribution in [0.2, 0.25) is 0 Å². The molecule has 56 heavy (non-hydrogen) atoms. The summed E-state index contributed by atoms with van der Waals surface area (Å²) in [6.07, 6.45) is 0. The highest BCUT2D eigenvalue weighted by molar-refractivity contribution is 7.88. The molecular weight excluding hydrogens is 721 g/mol. The van der Waals surface area contributed by atoms with Gasteiger partial charge in [-0.15, -0.1) is 0 Å². The molecule has 1 unspecified atom stereocenters. The maximum absolute atomic E-state index is 14.9. The van der Waals surface area contributed by atoms with Crippen molar-refractivity contribution in [3.8, 4) is 0 Å². The van der Waals surface area contributed by atoms with E-state index < -0.39 is 15.8 Å². The van der Waals surface area contributed by atoms with Gasteiger partial charge in [-0.25, -0.2) is 0 Å². The molecule has 0 heterocycles. The Bertz CT molecular complexity index is 2070. The summed E-state index contributed by atoms with van der Waals surface area (Å²) in [7, 11) is -2.54. The molecule has 3 nitrogen and oxygen atoms in total. The third-order valence-electron chi connectivity index (χ3n) is 11.4. The van der Waals surface area contributed by atoms with Gasteiger partial charge in [0.05, 0.1) is 0 Å². The van der Waals surface area contributed by atoms with Crippen LogP contribution in [0.1, 0.15) is 86.0 Å². The maximum atomic E-state index is 14.9. The van der Waals surface area contributed by atoms with Crippen LogP contribution in [-0.2, 0) is 13.1 Å². The van der Waals surface area contributed by atoms with Crippen molar-refractivity contribution in [1.29, 1.82) is 0 Å². The summed E-state index contributed by atoms with van der Waals surface area (Å²) in [6.45, 7) is 21.1. The van der Waals surface area contributed by atoms with Crippen molar-refractivity contribution >= 4 is 48.1 Å². The van der Waals surface area contributed by atoms with E-state index in [1.165, 1.54) is 22.3 Å². The van der Waals surface area contributed by atoms with Crippen molar-refractivity contribution in [2.75, 3.05) is 0 Å². The molecule has 6 aromatic rings. The van der Waals surface area contributed by atoms with Crippen LogP contribution in [0.25, 0.3) is 0 Å². The summed E-state index contributed by atoms with van der Waals surface area (Å²) in [6, 6.07) is 45.7. The van der Waals surface area contributed by atoms with Gasteiger partial charge in [0.15, 0.2) is 11.0 Å². The van der Waals surface area contributed by atoms with Gasteiger partial charge in [0, 0.05) is 46.1 Å². The van der Waals surface area contributed by atoms with E-state index in [1.807, 2.05) is 72.8 Å². The molecule has 0 saturated heterocycles. The Kier molecular flexibility index (Phi) is 13.3. The van der Waals surface area contributed by atoms with Gasteiger partial charge in [-0.05, 0) is 120 Å². The number of hydrogen-bond acceptors (Lipinski definition) is 3. The first-order valence-electron chi connectivity index (χ1n) is 19.7. The summed E-state index contributed by atoms with van der Waals surface area (Å²) in [5.41, 5.74) is 11.1. The zero-order valence-corrected chi connectivity index (χ0v) is 36.2. The number of carbonyl (C=O) groups is 2. The van der Waals surface area contributed by atoms with Gasteiger partial charge in [0.25, 0.3) is 0 Å². The Morgan fingerprint density at radius 2 is 0.750 bits per heavy atom. The quantitative estimate of drug-likeness (QED) is 0.103. The van der Waals surface area contributed by atoms with Crippen molar-refractivity contribution in [3.63, 3.8) is 0 Å². The van der Waals surface area contributed by atoms with Gasteiger partial charge in [-0.1, -0.05) is 147 Å². The van der Waals surface area contributed by atoms with Gasteiger partial charge in [-0.2, -0.15) is 0 Å². The maximum Gasteiger partial charge on any atom is 0.193 e. The van der Waals surface area contributed by atoms with Crippen LogP contribution in [0, 0.1) is 47.5 Å². The number of nitrogens with zero attached hydrogens (tertiary/aromatic N) is 1. The Labute approximate surface area is 337 Å². The number of rotatable bonds is 14. The van der Waals surface area contributed by atoms with E-state index in [1.54, 1.807) is 0 Å². The van der Waals surface area contributed by atoms with Crippen LogP contribution >= 0.6 is 15.8 Å². The fourth-order valence-electron chi connectivity index (χ4n) is 8.07. The van der Waals surface area contributed by atoms with Crippen molar-refractivity contribution in [3.05, 3.63) is 189 Å².